The van der Waals surface area contributed by atoms with Crippen molar-refractivity contribution < 1.29 is 77.3 Å². The SMILES string of the molecule is CC(C)C[C@@H]1NC(=O)[C@H](Cc2ccc(O)cc2)NC(=O)CSC[C@@H](C(N)=O)NC(=O)CNC(=O)CNC(=O)[C@H](CCCN=C(N)N)NC(=O)[C@H](CC(=O)O)NC(=O)[C@H](CCCCN)NC(=O)[C@@H]2CCCN2C(=O)[C@H](CCCN=C(N)N)NC(=O)[C@H](Cc2ccccc2C#N)NC(=O)[C@H](CCCN=C(N)N)NC1=O. The van der Waals surface area contributed by atoms with Crippen molar-refractivity contribution >= 4 is 112 Å². The van der Waals surface area contributed by atoms with Gasteiger partial charge in [-0.3, -0.25) is 82.1 Å². The largest absolute Gasteiger partial charge is 0.508 e. The van der Waals surface area contributed by atoms with Gasteiger partial charge in [0, 0.05) is 44.8 Å². The van der Waals surface area contributed by atoms with Gasteiger partial charge in [-0.15, -0.1) is 11.8 Å². The van der Waals surface area contributed by atoms with Crippen molar-refractivity contribution in [2.75, 3.05) is 57.3 Å². The quantitative estimate of drug-likeness (QED) is 0.0249. The Hall–Kier alpha value is -11.6. The third-order valence-corrected chi connectivity index (χ3v) is 17.8. The standard InChI is InChI=1S/C67H102N24O16S/c1-36(2)27-45-59(102)85-43(15-8-24-78-66(73)74)58(101)89-47(29-38-11-3-4-12-39(38)31-69)61(104)87-44(16-9-25-79-67(75)76)64(107)91-26-10-17-50(91)63(106)86-42(13-5-6-22-68)57(100)90-48(30-54(96)97)62(105)84-41(14-7-23-77-65(71)72)56(99)81-32-51(93)80-33-52(94)83-49(55(70)98)34-108-35-53(95)82-46(60(103)88-45)28-37-18-20-40(92)21-19-37/h3-4,11-12,18-21,36,41-50,92H,5-10,13-17,22-30,32-35,68H2,1-2H3,(H2,70,98)(H,80,93)(H,81,99)(H,82,95)(H,83,94)(H,84,105)(H,85,102)(H,86,106)(H,87,104)(H,88,103)(H,89,101)(H,90,100)(H,96,97)(H4,71,72,77)(H4,73,74,78)(H4,75,76,79)/t41-,42-,43-,44-,45-,46-,47-,48-,49-,50-/m0/s1. The molecule has 2 heterocycles. The monoisotopic (exact) mass is 1530 g/mol. The molecule has 4 rings (SSSR count). The number of carboxylic acid groups (broad SMARTS) is 1. The molecule has 0 aromatic heterocycles. The van der Waals surface area contributed by atoms with Crippen molar-refractivity contribution in [3.8, 4) is 11.8 Å². The molecule has 108 heavy (non-hydrogen) atoms. The summed E-state index contributed by atoms with van der Waals surface area (Å²) in [6.45, 7) is 1.71. The lowest BCUT2D eigenvalue weighted by atomic mass is 9.98. The van der Waals surface area contributed by atoms with E-state index in [1.165, 1.54) is 41.3 Å². The van der Waals surface area contributed by atoms with E-state index in [0.29, 0.717) is 12.0 Å². The van der Waals surface area contributed by atoms with Gasteiger partial charge >= 0.3 is 5.97 Å². The summed E-state index contributed by atoms with van der Waals surface area (Å²) < 4.78 is 0. The molecule has 0 saturated carbocycles. The van der Waals surface area contributed by atoms with Crippen LogP contribution in [0.2, 0.25) is 0 Å². The smallest absolute Gasteiger partial charge is 0.305 e. The minimum atomic E-state index is -1.94. The maximum atomic E-state index is 15.2. The molecule has 29 N–H and O–H groups in total. The van der Waals surface area contributed by atoms with Gasteiger partial charge in [0.1, 0.15) is 66.2 Å². The highest BCUT2D eigenvalue weighted by Crippen LogP contribution is 2.22. The number of aliphatic imine (C=N–C) groups is 3. The number of phenols is 1. The maximum Gasteiger partial charge on any atom is 0.305 e. The zero-order chi connectivity index (χ0) is 80.0. The number of guanidine groups is 3. The number of nitrogens with one attached hydrogen (secondary N) is 11. The lowest BCUT2D eigenvalue weighted by Crippen LogP contribution is -2.61. The first-order chi connectivity index (χ1) is 51.3. The van der Waals surface area contributed by atoms with Crippen molar-refractivity contribution in [1.29, 1.82) is 5.26 Å². The third kappa shape index (κ3) is 32.4. The number of hydrogen-bond acceptors (Lipinski definition) is 21. The second-order valence-corrected chi connectivity index (χ2v) is 27.0. The van der Waals surface area contributed by atoms with Crippen LogP contribution in [0.1, 0.15) is 114 Å². The number of unbranched alkanes of at least 4 members (excludes halogenated alkanes) is 1. The molecule has 2 aromatic rings. The van der Waals surface area contributed by atoms with Crippen molar-refractivity contribution in [1.82, 2.24) is 63.4 Å². The number of carbonyl (C=O) groups is 14. The average Bonchev–Trinajstić information content (AvgIpc) is 1.60. The van der Waals surface area contributed by atoms with E-state index in [9.17, 15) is 68.2 Å². The van der Waals surface area contributed by atoms with Crippen LogP contribution < -0.4 is 104 Å². The number of aromatic hydroxyl groups is 1. The van der Waals surface area contributed by atoms with Gasteiger partial charge < -0.3 is 119 Å². The number of amides is 13. The first-order valence-corrected chi connectivity index (χ1v) is 36.2. The van der Waals surface area contributed by atoms with E-state index >= 15 is 14.4 Å². The molecule has 0 radical (unpaired) electrons. The number of nitrogens with two attached hydrogens (primary N) is 8. The number of primary amides is 1. The molecule has 41 heteroatoms. The average molecular weight is 1530 g/mol. The second kappa shape index (κ2) is 46.4. The predicted octanol–water partition coefficient (Wildman–Crippen LogP) is -7.32. The van der Waals surface area contributed by atoms with Crippen molar-refractivity contribution in [2.24, 2.45) is 66.8 Å². The summed E-state index contributed by atoms with van der Waals surface area (Å²) in [6, 6.07) is -1.66. The summed E-state index contributed by atoms with van der Waals surface area (Å²) in [4.78, 5) is 210. The molecular formula is C67H102N24O16S. The number of benzene rings is 2. The Morgan fingerprint density at radius 2 is 1.04 bits per heavy atom. The summed E-state index contributed by atoms with van der Waals surface area (Å²) in [6.07, 6.45) is -1.78. The van der Waals surface area contributed by atoms with Gasteiger partial charge in [-0.05, 0) is 119 Å². The molecule has 0 unspecified atom stereocenters. The number of nitrogens with zero attached hydrogens (tertiary/aromatic N) is 5. The summed E-state index contributed by atoms with van der Waals surface area (Å²) in [7, 11) is 0. The first kappa shape index (κ1) is 88.8. The number of aliphatic carboxylic acids is 1. The van der Waals surface area contributed by atoms with Crippen LogP contribution in [0, 0.1) is 17.2 Å². The number of thioether (sulfide) groups is 1. The highest BCUT2D eigenvalue weighted by Gasteiger charge is 2.41. The second-order valence-electron chi connectivity index (χ2n) is 26.0. The normalized spacial score (nSPS) is 22.8. The molecule has 2 aliphatic heterocycles. The van der Waals surface area contributed by atoms with Crippen LogP contribution in [-0.2, 0) is 80.0 Å². The molecule has 13 amide bonds. The van der Waals surface area contributed by atoms with Gasteiger partial charge in [0.05, 0.1) is 36.9 Å². The molecule has 0 aliphatic carbocycles. The Labute approximate surface area is 627 Å². The van der Waals surface area contributed by atoms with Gasteiger partial charge in [-0.1, -0.05) is 44.2 Å². The van der Waals surface area contributed by atoms with E-state index in [1.54, 1.807) is 26.0 Å². The Morgan fingerprint density at radius 3 is 1.59 bits per heavy atom. The molecule has 0 bridgehead atoms. The van der Waals surface area contributed by atoms with Crippen LogP contribution in [0.4, 0.5) is 0 Å². The lowest BCUT2D eigenvalue weighted by molar-refractivity contribution is -0.143. The van der Waals surface area contributed by atoms with Crippen LogP contribution in [0.5, 0.6) is 5.75 Å². The summed E-state index contributed by atoms with van der Waals surface area (Å²) in [5, 5.41) is 58.1. The van der Waals surface area contributed by atoms with Crippen LogP contribution in [0.3, 0.4) is 0 Å². The van der Waals surface area contributed by atoms with Crippen LogP contribution in [-0.4, -0.2) is 233 Å². The molecule has 0 spiro atoms. The van der Waals surface area contributed by atoms with Crippen molar-refractivity contribution in [3.05, 3.63) is 65.2 Å². The first-order valence-electron chi connectivity index (χ1n) is 35.1. The van der Waals surface area contributed by atoms with E-state index < -0.39 is 175 Å². The zero-order valence-corrected chi connectivity index (χ0v) is 61.1. The van der Waals surface area contributed by atoms with Crippen LogP contribution in [0.15, 0.2) is 63.5 Å². The Balaban J connectivity index is 1.88. The Kier molecular flexibility index (Phi) is 38.2. The summed E-state index contributed by atoms with van der Waals surface area (Å²) in [5.74, 6) is -16.3. The van der Waals surface area contributed by atoms with Gasteiger partial charge in [-0.2, -0.15) is 5.26 Å². The zero-order valence-electron chi connectivity index (χ0n) is 60.3. The number of carbonyl (C=O) groups excluding carboxylic acids is 13. The Morgan fingerprint density at radius 1 is 0.556 bits per heavy atom. The summed E-state index contributed by atoms with van der Waals surface area (Å²) in [5.41, 5.74) is 45.7. The van der Waals surface area contributed by atoms with Crippen LogP contribution in [0.25, 0.3) is 0 Å². The fraction of sp³-hybridized carbons (Fsp3) is 0.552. The number of phenolic OH excluding ortho intramolecular Hbond substituents is 1. The number of carboxylic acids is 1. The highest BCUT2D eigenvalue weighted by atomic mass is 32.2. The third-order valence-electron chi connectivity index (χ3n) is 16.8. The number of nitriles is 1. The van der Waals surface area contributed by atoms with E-state index in [1.807, 2.05) is 0 Å². The topological polar surface area (TPSA) is 684 Å². The van der Waals surface area contributed by atoms with E-state index in [-0.39, 0.29) is 156 Å². The molecule has 10 atom stereocenters. The van der Waals surface area contributed by atoms with E-state index in [0.717, 1.165) is 11.8 Å². The van der Waals surface area contributed by atoms with Gasteiger partial charge in [0.2, 0.25) is 76.8 Å². The highest BCUT2D eigenvalue weighted by molar-refractivity contribution is 8.00. The molecule has 2 saturated heterocycles. The van der Waals surface area contributed by atoms with Crippen LogP contribution >= 0.6 is 11.8 Å². The van der Waals surface area contributed by atoms with Gasteiger partial charge in [-0.25, -0.2) is 0 Å². The number of fused-ring (bicyclic) bond motifs is 1. The lowest BCUT2D eigenvalue weighted by Gasteiger charge is -2.31. The number of rotatable bonds is 25. The number of hydrogen-bond donors (Lipinski definition) is 21. The van der Waals surface area contributed by atoms with E-state index in [4.69, 9.17) is 45.9 Å². The fourth-order valence-corrected chi connectivity index (χ4v) is 12.2. The molecule has 40 nitrogen and oxygen atoms in total. The van der Waals surface area contributed by atoms with Gasteiger partial charge in [0.25, 0.3) is 0 Å². The minimum Gasteiger partial charge on any atom is -0.508 e. The van der Waals surface area contributed by atoms with Gasteiger partial charge in [0.15, 0.2) is 17.9 Å². The van der Waals surface area contributed by atoms with E-state index in [2.05, 4.69) is 79.5 Å². The van der Waals surface area contributed by atoms with Crippen molar-refractivity contribution in [2.45, 2.75) is 171 Å². The minimum absolute atomic E-state index is 0.00419. The maximum absolute atomic E-state index is 15.2. The molecule has 2 fully saturated rings. The molecular weight excluding hydrogens is 1430 g/mol. The Bertz CT molecular complexity index is 3600. The summed E-state index contributed by atoms with van der Waals surface area (Å²) >= 11 is 0.798. The fourth-order valence-electron chi connectivity index (χ4n) is 11.4. The predicted molar refractivity (Wildman–Crippen MR) is 396 cm³/mol. The molecule has 2 aliphatic rings. The molecule has 2 aromatic carbocycles. The molecule has 592 valence electrons. The van der Waals surface area contributed by atoms with Crippen molar-refractivity contribution in [3.63, 3.8) is 0 Å².